The van der Waals surface area contributed by atoms with Crippen molar-refractivity contribution >= 4 is 12.2 Å². The van der Waals surface area contributed by atoms with Crippen LogP contribution in [0.2, 0.25) is 0 Å². The van der Waals surface area contributed by atoms with E-state index in [1.54, 1.807) is 6.20 Å². The van der Waals surface area contributed by atoms with Gasteiger partial charge in [0.05, 0.1) is 11.0 Å². The molecule has 0 atom stereocenters. The predicted octanol–water partition coefficient (Wildman–Crippen LogP) is -0.704. The number of hydrogen-bond donors (Lipinski definition) is 2. The lowest BCUT2D eigenvalue weighted by atomic mass is 9.76. The molecule has 4 N–H and O–H groups in total. The number of aromatic nitrogens is 1. The molecular formula is C11H15N3. The summed E-state index contributed by atoms with van der Waals surface area (Å²) in [5.41, 5.74) is 11.0. The van der Waals surface area contributed by atoms with Crippen molar-refractivity contribution in [3.63, 3.8) is 0 Å². The molecule has 0 fully saturated rings. The third-order valence-corrected chi connectivity index (χ3v) is 2.88. The fraction of sp³-hybridized carbons (Fsp3) is 0.364. The molecule has 0 spiro atoms. The third-order valence-electron chi connectivity index (χ3n) is 2.88. The van der Waals surface area contributed by atoms with Crippen molar-refractivity contribution in [1.29, 1.82) is 0 Å². The van der Waals surface area contributed by atoms with E-state index < -0.39 is 5.66 Å². The molecule has 1 aliphatic carbocycles. The van der Waals surface area contributed by atoms with Crippen molar-refractivity contribution in [3.05, 3.63) is 28.9 Å². The molecule has 0 aromatic carbocycles. The fourth-order valence-corrected chi connectivity index (χ4v) is 1.58. The quantitative estimate of drug-likeness (QED) is 0.530. The predicted molar refractivity (Wildman–Crippen MR) is 57.3 cm³/mol. The van der Waals surface area contributed by atoms with Crippen molar-refractivity contribution in [2.24, 2.45) is 16.9 Å². The Morgan fingerprint density at radius 1 is 1.21 bits per heavy atom. The highest BCUT2D eigenvalue weighted by Crippen LogP contribution is 2.28. The number of hydrogen-bond acceptors (Lipinski definition) is 3. The Morgan fingerprint density at radius 2 is 1.93 bits per heavy atom. The lowest BCUT2D eigenvalue weighted by molar-refractivity contribution is 0.330. The summed E-state index contributed by atoms with van der Waals surface area (Å²) in [6, 6.07) is 3.86. The molecule has 0 radical (unpaired) electrons. The molecule has 3 heteroatoms. The summed E-state index contributed by atoms with van der Waals surface area (Å²) in [5, 5.41) is 1.97. The Kier molecular flexibility index (Phi) is 1.77. The summed E-state index contributed by atoms with van der Waals surface area (Å²) in [5.74, 6) is 0. The Bertz CT molecular complexity index is 427. The van der Waals surface area contributed by atoms with E-state index in [0.717, 1.165) is 10.6 Å². The van der Waals surface area contributed by atoms with E-state index in [1.807, 2.05) is 38.1 Å². The first-order valence-electron chi connectivity index (χ1n) is 4.67. The van der Waals surface area contributed by atoms with Crippen molar-refractivity contribution in [3.8, 4) is 0 Å². The fourth-order valence-electron chi connectivity index (χ4n) is 1.58. The highest BCUT2D eigenvalue weighted by Gasteiger charge is 2.36. The van der Waals surface area contributed by atoms with Gasteiger partial charge in [-0.05, 0) is 23.4 Å². The van der Waals surface area contributed by atoms with Gasteiger partial charge in [0.25, 0.3) is 0 Å². The zero-order valence-electron chi connectivity index (χ0n) is 8.49. The number of nitrogens with two attached hydrogens (primary N) is 2. The highest BCUT2D eigenvalue weighted by molar-refractivity contribution is 5.51. The molecule has 1 aliphatic rings. The van der Waals surface area contributed by atoms with Crippen LogP contribution >= 0.6 is 0 Å². The summed E-state index contributed by atoms with van der Waals surface area (Å²) >= 11 is 0. The summed E-state index contributed by atoms with van der Waals surface area (Å²) in [6.07, 6.45) is 5.69. The largest absolute Gasteiger partial charge is 0.309 e. The van der Waals surface area contributed by atoms with Crippen LogP contribution in [0.5, 0.6) is 0 Å². The zero-order chi connectivity index (χ0) is 10.4. The lowest BCUT2D eigenvalue weighted by Gasteiger charge is -2.38. The summed E-state index contributed by atoms with van der Waals surface area (Å²) in [6.45, 7) is 4.03. The van der Waals surface area contributed by atoms with Gasteiger partial charge in [0, 0.05) is 11.6 Å². The molecule has 0 amide bonds. The summed E-state index contributed by atoms with van der Waals surface area (Å²) < 4.78 is 0. The molecule has 2 rings (SSSR count). The van der Waals surface area contributed by atoms with Gasteiger partial charge in [0.15, 0.2) is 0 Å². The minimum Gasteiger partial charge on any atom is -0.309 e. The molecule has 3 nitrogen and oxygen atoms in total. The Balaban J connectivity index is 2.80. The molecule has 1 heterocycles. The van der Waals surface area contributed by atoms with Crippen LogP contribution in [0.25, 0.3) is 12.2 Å². The third kappa shape index (κ3) is 1.25. The Hall–Kier alpha value is -1.19. The van der Waals surface area contributed by atoms with E-state index in [9.17, 15) is 0 Å². The van der Waals surface area contributed by atoms with Crippen LogP contribution in [-0.4, -0.2) is 10.6 Å². The molecule has 0 bridgehead atoms. The molecule has 0 unspecified atom stereocenters. The summed E-state index contributed by atoms with van der Waals surface area (Å²) in [7, 11) is 0. The molecule has 1 aromatic heterocycles. The second-order valence-corrected chi connectivity index (χ2v) is 4.42. The number of rotatable bonds is 0. The topological polar surface area (TPSA) is 64.9 Å². The number of nitrogens with zero attached hydrogens (tertiary/aromatic N) is 1. The maximum Gasteiger partial charge on any atom is 0.0926 e. The molecule has 14 heavy (non-hydrogen) atoms. The molecular weight excluding hydrogens is 174 g/mol. The first-order valence-corrected chi connectivity index (χ1v) is 4.67. The van der Waals surface area contributed by atoms with Crippen LogP contribution in [-0.2, 0) is 0 Å². The minimum atomic E-state index is -0.803. The van der Waals surface area contributed by atoms with Crippen LogP contribution in [0, 0.1) is 5.41 Å². The van der Waals surface area contributed by atoms with Crippen LogP contribution in [0.1, 0.15) is 13.8 Å². The van der Waals surface area contributed by atoms with Crippen LogP contribution in [0.3, 0.4) is 0 Å². The summed E-state index contributed by atoms with van der Waals surface area (Å²) in [4.78, 5) is 4.28. The van der Waals surface area contributed by atoms with Crippen LogP contribution < -0.4 is 22.0 Å². The zero-order valence-corrected chi connectivity index (χ0v) is 8.49. The van der Waals surface area contributed by atoms with Gasteiger partial charge in [-0.3, -0.25) is 4.98 Å². The maximum absolute atomic E-state index is 6.03. The van der Waals surface area contributed by atoms with Gasteiger partial charge in [0.2, 0.25) is 0 Å². The second-order valence-electron chi connectivity index (χ2n) is 4.42. The van der Waals surface area contributed by atoms with E-state index in [4.69, 9.17) is 11.5 Å². The van der Waals surface area contributed by atoms with Gasteiger partial charge in [-0.25, -0.2) is 0 Å². The highest BCUT2D eigenvalue weighted by atomic mass is 15.0. The second kappa shape index (κ2) is 2.65. The monoisotopic (exact) mass is 189 g/mol. The Labute approximate surface area is 83.1 Å². The molecule has 0 saturated carbocycles. The average Bonchev–Trinajstić information content (AvgIpc) is 2.05. The van der Waals surface area contributed by atoms with E-state index in [0.29, 0.717) is 0 Å². The first kappa shape index (κ1) is 9.37. The standard InChI is InChI=1S/C11H15N3/c1-10(2)7-9-8(4-3-5-14-9)6-11(10,12)13/h3-7H,12-13H2,1-2H3. The van der Waals surface area contributed by atoms with E-state index in [1.165, 1.54) is 0 Å². The first-order chi connectivity index (χ1) is 6.42. The minimum absolute atomic E-state index is 0.269. The van der Waals surface area contributed by atoms with E-state index in [2.05, 4.69) is 4.98 Å². The van der Waals surface area contributed by atoms with Gasteiger partial charge in [-0.1, -0.05) is 19.9 Å². The smallest absolute Gasteiger partial charge is 0.0926 e. The normalized spacial score (nSPS) is 21.7. The van der Waals surface area contributed by atoms with Crippen molar-refractivity contribution in [2.45, 2.75) is 19.5 Å². The maximum atomic E-state index is 6.03. The number of pyridine rings is 1. The van der Waals surface area contributed by atoms with Gasteiger partial charge in [0.1, 0.15) is 0 Å². The SMILES string of the molecule is CC1(C)C=c2ncccc2=CC1(N)N. The van der Waals surface area contributed by atoms with Gasteiger partial charge < -0.3 is 11.5 Å². The molecule has 74 valence electrons. The van der Waals surface area contributed by atoms with Gasteiger partial charge in [-0.2, -0.15) is 0 Å². The number of fused-ring (bicyclic) bond motifs is 1. The molecule has 1 aromatic rings. The van der Waals surface area contributed by atoms with E-state index >= 15 is 0 Å². The average molecular weight is 189 g/mol. The van der Waals surface area contributed by atoms with Crippen LogP contribution in [0.15, 0.2) is 18.3 Å². The van der Waals surface area contributed by atoms with Crippen molar-refractivity contribution in [1.82, 2.24) is 4.98 Å². The van der Waals surface area contributed by atoms with Gasteiger partial charge in [-0.15, -0.1) is 0 Å². The van der Waals surface area contributed by atoms with Crippen molar-refractivity contribution < 1.29 is 0 Å². The molecule has 0 saturated heterocycles. The van der Waals surface area contributed by atoms with Crippen molar-refractivity contribution in [2.75, 3.05) is 0 Å². The Morgan fingerprint density at radius 3 is 2.64 bits per heavy atom. The lowest BCUT2D eigenvalue weighted by Crippen LogP contribution is -2.62. The van der Waals surface area contributed by atoms with Crippen LogP contribution in [0.4, 0.5) is 0 Å². The van der Waals surface area contributed by atoms with E-state index in [-0.39, 0.29) is 5.41 Å². The molecule has 0 aliphatic heterocycles. The van der Waals surface area contributed by atoms with Gasteiger partial charge >= 0.3 is 0 Å².